The fourth-order valence-electron chi connectivity index (χ4n) is 6.16. The van der Waals surface area contributed by atoms with Crippen molar-refractivity contribution >= 4 is 47.4 Å². The molecule has 0 unspecified atom stereocenters. The van der Waals surface area contributed by atoms with Gasteiger partial charge in [-0.1, -0.05) is 13.8 Å². The van der Waals surface area contributed by atoms with Crippen LogP contribution in [0, 0.1) is 5.92 Å². The van der Waals surface area contributed by atoms with Crippen LogP contribution < -0.4 is 26.6 Å². The zero-order valence-corrected chi connectivity index (χ0v) is 35.8. The van der Waals surface area contributed by atoms with Crippen molar-refractivity contribution in [3.8, 4) is 0 Å². The number of rotatable bonds is 19. The molecule has 18 heteroatoms. The van der Waals surface area contributed by atoms with Crippen molar-refractivity contribution in [2.24, 2.45) is 5.92 Å². The highest BCUT2D eigenvalue weighted by Crippen LogP contribution is 2.18. The van der Waals surface area contributed by atoms with E-state index in [9.17, 15) is 38.4 Å². The molecule has 326 valence electrons. The summed E-state index contributed by atoms with van der Waals surface area (Å²) in [7, 11) is 1.25. The van der Waals surface area contributed by atoms with Crippen molar-refractivity contribution < 1.29 is 52.6 Å². The Morgan fingerprint density at radius 3 is 1.55 bits per heavy atom. The van der Waals surface area contributed by atoms with Gasteiger partial charge in [-0.15, -0.1) is 0 Å². The minimum atomic E-state index is -0.923. The van der Waals surface area contributed by atoms with Crippen LogP contribution in [0.3, 0.4) is 0 Å². The van der Waals surface area contributed by atoms with Crippen LogP contribution in [-0.4, -0.2) is 133 Å². The monoisotopic (exact) mass is 819 g/mol. The Kier molecular flexibility index (Phi) is 19.2. The van der Waals surface area contributed by atoms with Crippen molar-refractivity contribution in [1.29, 1.82) is 0 Å². The molecule has 0 spiro atoms. The number of esters is 1. The lowest BCUT2D eigenvalue weighted by molar-refractivity contribution is -0.143. The van der Waals surface area contributed by atoms with E-state index >= 15 is 0 Å². The van der Waals surface area contributed by atoms with E-state index in [0.29, 0.717) is 56.6 Å². The fourth-order valence-corrected chi connectivity index (χ4v) is 6.16. The van der Waals surface area contributed by atoms with Crippen molar-refractivity contribution in [3.05, 3.63) is 23.5 Å². The third-order valence-electron chi connectivity index (χ3n) is 8.68. The second-order valence-corrected chi connectivity index (χ2v) is 16.8. The number of alkyl carbamates (subject to hydrolysis) is 2. The van der Waals surface area contributed by atoms with Crippen LogP contribution >= 0.6 is 0 Å². The molecule has 3 atom stereocenters. The molecule has 2 aliphatic heterocycles. The van der Waals surface area contributed by atoms with E-state index in [0.717, 1.165) is 0 Å². The summed E-state index contributed by atoms with van der Waals surface area (Å²) < 4.78 is 15.4. The molecule has 0 aromatic rings. The van der Waals surface area contributed by atoms with Gasteiger partial charge in [-0.25, -0.2) is 14.4 Å². The number of nitrogens with one attached hydrogen (secondary N) is 5. The minimum absolute atomic E-state index is 0.00253. The van der Waals surface area contributed by atoms with Gasteiger partial charge in [-0.3, -0.25) is 24.0 Å². The van der Waals surface area contributed by atoms with Gasteiger partial charge in [0.1, 0.15) is 29.3 Å². The van der Waals surface area contributed by atoms with Crippen LogP contribution in [0.4, 0.5) is 9.59 Å². The van der Waals surface area contributed by atoms with Crippen LogP contribution in [0.1, 0.15) is 101 Å². The third-order valence-corrected chi connectivity index (χ3v) is 8.68. The quantitative estimate of drug-likeness (QED) is 0.0716. The van der Waals surface area contributed by atoms with Gasteiger partial charge in [0.25, 0.3) is 0 Å². The number of hydrogen-bond donors (Lipinski definition) is 5. The lowest BCUT2D eigenvalue weighted by atomic mass is 10.00. The molecule has 0 bridgehead atoms. The molecular formula is C40H65N7O11. The Hall–Kier alpha value is -5.16. The van der Waals surface area contributed by atoms with Crippen molar-refractivity contribution in [3.63, 3.8) is 0 Å². The smallest absolute Gasteiger partial charge is 0.407 e. The van der Waals surface area contributed by atoms with Gasteiger partial charge >= 0.3 is 18.2 Å². The average Bonchev–Trinajstić information content (AvgIpc) is 3.09. The lowest BCUT2D eigenvalue weighted by Gasteiger charge is -2.36. The first-order valence-electron chi connectivity index (χ1n) is 19.8. The Bertz CT molecular complexity index is 1560. The van der Waals surface area contributed by atoms with E-state index in [1.54, 1.807) is 55.4 Å². The molecule has 0 saturated heterocycles. The Balaban J connectivity index is 2.05. The maximum absolute atomic E-state index is 14.0. The van der Waals surface area contributed by atoms with E-state index in [-0.39, 0.29) is 50.1 Å². The van der Waals surface area contributed by atoms with Crippen molar-refractivity contribution in [2.75, 3.05) is 46.4 Å². The minimum Gasteiger partial charge on any atom is -0.467 e. The molecule has 2 rings (SSSR count). The van der Waals surface area contributed by atoms with Gasteiger partial charge in [-0.2, -0.15) is 0 Å². The van der Waals surface area contributed by atoms with Gasteiger partial charge in [0, 0.05) is 43.6 Å². The number of unbranched alkanes of at least 4 members (excludes halogenated alkanes) is 2. The van der Waals surface area contributed by atoms with E-state index in [2.05, 4.69) is 26.6 Å². The highest BCUT2D eigenvalue weighted by Gasteiger charge is 2.35. The van der Waals surface area contributed by atoms with Crippen molar-refractivity contribution in [1.82, 2.24) is 36.4 Å². The van der Waals surface area contributed by atoms with E-state index in [1.807, 2.05) is 0 Å². The number of carbonyl (C=O) groups is 8. The van der Waals surface area contributed by atoms with Crippen LogP contribution in [-0.2, 0) is 43.0 Å². The predicted molar refractivity (Wildman–Crippen MR) is 214 cm³/mol. The number of methoxy groups -OCH3 is 1. The lowest BCUT2D eigenvalue weighted by Crippen LogP contribution is -2.56. The zero-order chi connectivity index (χ0) is 43.8. The SMILES string of the molecule is COC(=O)[C@H](CCCCNC(=O)OC(C)(C)C)NC1=CC(=O)CN(C(=O)[C@H](NC2=CC(=O)CN(C(=O)[C@H](CCCCNC(=O)OC(C)(C)C)NC(C)=O)C2)C(C)C)C1. The van der Waals surface area contributed by atoms with Gasteiger partial charge in [0.05, 0.1) is 33.3 Å². The molecule has 0 aliphatic carbocycles. The summed E-state index contributed by atoms with van der Waals surface area (Å²) in [6.07, 6.45) is 4.25. The first kappa shape index (κ1) is 49.0. The third kappa shape index (κ3) is 18.4. The van der Waals surface area contributed by atoms with E-state index < -0.39 is 65.2 Å². The molecule has 18 nitrogen and oxygen atoms in total. The standard InChI is InChI=1S/C40H65N7O11/c1-25(2)33(35(52)47-21-27(19-29(49)24-47)44-32(36(53)56-10)16-12-14-18-42-38(55)58-40(7,8)9)45-28-20-30(50)23-46(22-28)34(51)31(43-26(3)48)15-11-13-17-41-37(54)57-39(4,5)6/h19-20,25,31-33,44-45H,11-18,21-24H2,1-10H3,(H,41,54)(H,42,55)(H,43,48)/t31-,32-,33+/m0/s1. The number of ether oxygens (including phenoxy) is 3. The predicted octanol–water partition coefficient (Wildman–Crippen LogP) is 2.22. The fraction of sp³-hybridized carbons (Fsp3) is 0.700. The molecule has 5 N–H and O–H groups in total. The van der Waals surface area contributed by atoms with E-state index in [1.165, 1.54) is 36.0 Å². The number of nitrogens with zero attached hydrogens (tertiary/aromatic N) is 2. The van der Waals surface area contributed by atoms with Crippen molar-refractivity contribution in [2.45, 2.75) is 130 Å². The summed E-state index contributed by atoms with van der Waals surface area (Å²) >= 11 is 0. The molecule has 58 heavy (non-hydrogen) atoms. The summed E-state index contributed by atoms with van der Waals surface area (Å²) in [5, 5.41) is 14.2. The molecule has 5 amide bonds. The largest absolute Gasteiger partial charge is 0.467 e. The van der Waals surface area contributed by atoms with Gasteiger partial charge in [-0.05, 0) is 86.0 Å². The number of amides is 5. The second kappa shape index (κ2) is 22.7. The van der Waals surface area contributed by atoms with Gasteiger partial charge in [0.2, 0.25) is 17.7 Å². The summed E-state index contributed by atoms with van der Waals surface area (Å²) in [6.45, 7) is 15.6. The zero-order valence-electron chi connectivity index (χ0n) is 35.8. The highest BCUT2D eigenvalue weighted by molar-refractivity contribution is 5.99. The number of carbonyl (C=O) groups excluding carboxylic acids is 8. The normalized spacial score (nSPS) is 16.3. The summed E-state index contributed by atoms with van der Waals surface area (Å²) in [4.78, 5) is 105. The molecule has 0 fully saturated rings. The maximum atomic E-state index is 14.0. The first-order valence-corrected chi connectivity index (χ1v) is 19.8. The van der Waals surface area contributed by atoms with Gasteiger partial charge in [0.15, 0.2) is 11.6 Å². The topological polar surface area (TPSA) is 231 Å². The molecule has 0 radical (unpaired) electrons. The number of hydrogen-bond acceptors (Lipinski definition) is 13. The molecule has 2 heterocycles. The van der Waals surface area contributed by atoms with Gasteiger partial charge < -0.3 is 50.6 Å². The number of ketones is 2. The molecule has 0 aromatic heterocycles. The summed E-state index contributed by atoms with van der Waals surface area (Å²) in [6, 6.07) is -2.64. The highest BCUT2D eigenvalue weighted by atomic mass is 16.6. The van der Waals surface area contributed by atoms with Crippen LogP contribution in [0.5, 0.6) is 0 Å². The van der Waals surface area contributed by atoms with Crippen LogP contribution in [0.25, 0.3) is 0 Å². The first-order chi connectivity index (χ1) is 27.0. The molecule has 0 aromatic carbocycles. The van der Waals surface area contributed by atoms with Crippen LogP contribution in [0.2, 0.25) is 0 Å². The Labute approximate surface area is 341 Å². The Morgan fingerprint density at radius 2 is 1.12 bits per heavy atom. The molecule has 0 saturated carbocycles. The Morgan fingerprint density at radius 1 is 0.672 bits per heavy atom. The molecule has 2 aliphatic rings. The average molecular weight is 820 g/mol. The second-order valence-electron chi connectivity index (χ2n) is 16.8. The summed E-state index contributed by atoms with van der Waals surface area (Å²) in [5.41, 5.74) is -0.596. The maximum Gasteiger partial charge on any atom is 0.407 e. The van der Waals surface area contributed by atoms with Crippen LogP contribution in [0.15, 0.2) is 23.5 Å². The molecular weight excluding hydrogens is 754 g/mol. The van der Waals surface area contributed by atoms with E-state index in [4.69, 9.17) is 14.2 Å². The summed E-state index contributed by atoms with van der Waals surface area (Å²) in [5.74, 6) is -2.91.